The van der Waals surface area contributed by atoms with Crippen LogP contribution < -0.4 is 0 Å². The van der Waals surface area contributed by atoms with Gasteiger partial charge < -0.3 is 0 Å². The zero-order valence-electron chi connectivity index (χ0n) is 11.0. The lowest BCUT2D eigenvalue weighted by Crippen LogP contribution is -1.89. The first-order valence-electron chi connectivity index (χ1n) is 6.04. The molecule has 2 rings (SSSR count). The largest absolute Gasteiger partial charge is 0.0795 e. The molecule has 0 saturated carbocycles. The topological polar surface area (TPSA) is 0 Å². The number of aryl methyl sites for hydroxylation is 2. The number of benzene rings is 1. The molecule has 1 aliphatic carbocycles. The van der Waals surface area contributed by atoms with Crippen molar-refractivity contribution in [3.05, 3.63) is 40.5 Å². The fourth-order valence-corrected chi connectivity index (χ4v) is 1.69. The molecule has 0 unspecified atom stereocenters. The average molecular weight is 204 g/mol. The standard InChI is InChI=1S/C11H12.2C2H6/c1-8-6-7-9(2)11-5-3-4-10(8)11;2*1-2/h3-4,6-7H,5H2,1-2H3;2*1-2H3. The molecule has 1 aromatic rings. The fourth-order valence-electron chi connectivity index (χ4n) is 1.69. The fraction of sp³-hybridized carbons (Fsp3) is 0.467. The molecule has 0 heteroatoms. The predicted molar refractivity (Wildman–Crippen MR) is 71.4 cm³/mol. The van der Waals surface area contributed by atoms with E-state index in [-0.39, 0.29) is 0 Å². The molecule has 0 heterocycles. The van der Waals surface area contributed by atoms with Crippen LogP contribution in [0.2, 0.25) is 0 Å². The Morgan fingerprint density at radius 1 is 0.867 bits per heavy atom. The molecule has 1 aliphatic rings. The van der Waals surface area contributed by atoms with E-state index in [4.69, 9.17) is 0 Å². The molecule has 0 N–H and O–H groups in total. The quantitative estimate of drug-likeness (QED) is 0.562. The van der Waals surface area contributed by atoms with E-state index in [0.717, 1.165) is 6.42 Å². The monoisotopic (exact) mass is 204 g/mol. The molecule has 0 aliphatic heterocycles. The van der Waals surface area contributed by atoms with Gasteiger partial charge in [-0.3, -0.25) is 0 Å². The number of hydrogen-bond acceptors (Lipinski definition) is 0. The van der Waals surface area contributed by atoms with Crippen molar-refractivity contribution in [1.82, 2.24) is 0 Å². The summed E-state index contributed by atoms with van der Waals surface area (Å²) in [7, 11) is 0. The van der Waals surface area contributed by atoms with Crippen molar-refractivity contribution in [3.63, 3.8) is 0 Å². The summed E-state index contributed by atoms with van der Waals surface area (Å²) >= 11 is 0. The van der Waals surface area contributed by atoms with Gasteiger partial charge in [0.15, 0.2) is 0 Å². The number of allylic oxidation sites excluding steroid dienone is 1. The number of fused-ring (bicyclic) bond motifs is 1. The van der Waals surface area contributed by atoms with Crippen molar-refractivity contribution in [2.75, 3.05) is 0 Å². The van der Waals surface area contributed by atoms with Crippen LogP contribution in [-0.4, -0.2) is 0 Å². The molecule has 1 aromatic carbocycles. The van der Waals surface area contributed by atoms with E-state index >= 15 is 0 Å². The van der Waals surface area contributed by atoms with E-state index in [0.29, 0.717) is 0 Å². The minimum Gasteiger partial charge on any atom is -0.0795 e. The normalized spacial score (nSPS) is 10.8. The molecule has 0 fully saturated rings. The Balaban J connectivity index is 0.000000442. The first-order valence-corrected chi connectivity index (χ1v) is 6.04. The minimum atomic E-state index is 1.13. The Morgan fingerprint density at radius 3 is 1.93 bits per heavy atom. The number of rotatable bonds is 0. The summed E-state index contributed by atoms with van der Waals surface area (Å²) in [6.45, 7) is 12.4. The SMILES string of the molecule is CC.CC.Cc1ccc(C)c2c1C=CC2. The van der Waals surface area contributed by atoms with Gasteiger partial charge in [-0.25, -0.2) is 0 Å². The van der Waals surface area contributed by atoms with Crippen LogP contribution in [0, 0.1) is 13.8 Å². The van der Waals surface area contributed by atoms with Crippen molar-refractivity contribution in [2.45, 2.75) is 48.0 Å². The summed E-state index contributed by atoms with van der Waals surface area (Å²) in [5, 5.41) is 0. The molecule has 84 valence electrons. The molecular formula is C15H24. The van der Waals surface area contributed by atoms with Crippen LogP contribution in [0.4, 0.5) is 0 Å². The Bertz CT molecular complexity index is 319. The van der Waals surface area contributed by atoms with Crippen molar-refractivity contribution < 1.29 is 0 Å². The van der Waals surface area contributed by atoms with E-state index in [9.17, 15) is 0 Å². The third kappa shape index (κ3) is 3.23. The maximum absolute atomic E-state index is 2.24. The molecule has 0 saturated heterocycles. The second kappa shape index (κ2) is 7.28. The Hall–Kier alpha value is -1.04. The lowest BCUT2D eigenvalue weighted by molar-refractivity contribution is 1.22. The highest BCUT2D eigenvalue weighted by Crippen LogP contribution is 2.25. The van der Waals surface area contributed by atoms with Gasteiger partial charge in [-0.15, -0.1) is 0 Å². The van der Waals surface area contributed by atoms with Gasteiger partial charge in [0.1, 0.15) is 0 Å². The van der Waals surface area contributed by atoms with Crippen LogP contribution in [0.3, 0.4) is 0 Å². The van der Waals surface area contributed by atoms with Crippen molar-refractivity contribution in [1.29, 1.82) is 0 Å². The van der Waals surface area contributed by atoms with Gasteiger partial charge in [-0.2, -0.15) is 0 Å². The molecule has 0 spiro atoms. The summed E-state index contributed by atoms with van der Waals surface area (Å²) in [6.07, 6.45) is 5.60. The molecule has 0 aromatic heterocycles. The molecule has 0 atom stereocenters. The highest BCUT2D eigenvalue weighted by atomic mass is 14.1. The summed E-state index contributed by atoms with van der Waals surface area (Å²) in [6, 6.07) is 4.41. The third-order valence-corrected chi connectivity index (χ3v) is 2.42. The summed E-state index contributed by atoms with van der Waals surface area (Å²) in [4.78, 5) is 0. The third-order valence-electron chi connectivity index (χ3n) is 2.42. The van der Waals surface area contributed by atoms with Crippen LogP contribution in [0.15, 0.2) is 18.2 Å². The molecule has 15 heavy (non-hydrogen) atoms. The smallest absolute Gasteiger partial charge is 0.00854 e. The maximum atomic E-state index is 2.24. The second-order valence-electron chi connectivity index (χ2n) is 3.20. The maximum Gasteiger partial charge on any atom is -0.00854 e. The Morgan fingerprint density at radius 2 is 1.40 bits per heavy atom. The molecule has 0 nitrogen and oxygen atoms in total. The van der Waals surface area contributed by atoms with Crippen LogP contribution in [0.25, 0.3) is 6.08 Å². The minimum absolute atomic E-state index is 1.13. The lowest BCUT2D eigenvalue weighted by atomic mass is 10.00. The van der Waals surface area contributed by atoms with Crippen molar-refractivity contribution in [2.24, 2.45) is 0 Å². The van der Waals surface area contributed by atoms with Gasteiger partial charge in [0.05, 0.1) is 0 Å². The zero-order chi connectivity index (χ0) is 11.8. The van der Waals surface area contributed by atoms with Crippen molar-refractivity contribution >= 4 is 6.08 Å². The van der Waals surface area contributed by atoms with Crippen LogP contribution in [-0.2, 0) is 6.42 Å². The van der Waals surface area contributed by atoms with E-state index in [1.807, 2.05) is 27.7 Å². The van der Waals surface area contributed by atoms with Crippen LogP contribution in [0.1, 0.15) is 49.9 Å². The van der Waals surface area contributed by atoms with Crippen LogP contribution >= 0.6 is 0 Å². The molecule has 0 bridgehead atoms. The van der Waals surface area contributed by atoms with Gasteiger partial charge >= 0.3 is 0 Å². The lowest BCUT2D eigenvalue weighted by Gasteiger charge is -2.05. The number of hydrogen-bond donors (Lipinski definition) is 0. The average Bonchev–Trinajstić information content (AvgIpc) is 2.79. The van der Waals surface area contributed by atoms with Gasteiger partial charge in [-0.05, 0) is 42.5 Å². The van der Waals surface area contributed by atoms with E-state index in [2.05, 4.69) is 38.1 Å². The van der Waals surface area contributed by atoms with E-state index < -0.39 is 0 Å². The molecule has 0 radical (unpaired) electrons. The van der Waals surface area contributed by atoms with E-state index in [1.165, 1.54) is 22.3 Å². The summed E-state index contributed by atoms with van der Waals surface area (Å²) < 4.78 is 0. The zero-order valence-corrected chi connectivity index (χ0v) is 11.0. The van der Waals surface area contributed by atoms with E-state index in [1.54, 1.807) is 0 Å². The summed E-state index contributed by atoms with van der Waals surface area (Å²) in [5.74, 6) is 0. The first kappa shape index (κ1) is 14.0. The van der Waals surface area contributed by atoms with Crippen molar-refractivity contribution in [3.8, 4) is 0 Å². The van der Waals surface area contributed by atoms with Gasteiger partial charge in [0, 0.05) is 0 Å². The van der Waals surface area contributed by atoms with Gasteiger partial charge in [0.2, 0.25) is 0 Å². The summed E-state index contributed by atoms with van der Waals surface area (Å²) in [5.41, 5.74) is 5.80. The van der Waals surface area contributed by atoms with Crippen LogP contribution in [0.5, 0.6) is 0 Å². The van der Waals surface area contributed by atoms with Gasteiger partial charge in [0.25, 0.3) is 0 Å². The van der Waals surface area contributed by atoms with Gasteiger partial charge in [-0.1, -0.05) is 52.0 Å². The second-order valence-corrected chi connectivity index (χ2v) is 3.20. The molecule has 0 amide bonds. The highest BCUT2D eigenvalue weighted by Gasteiger charge is 2.08. The highest BCUT2D eigenvalue weighted by molar-refractivity contribution is 5.64. The Kier molecular flexibility index (Phi) is 6.77. The Labute approximate surface area is 95.0 Å². The predicted octanol–water partition coefficient (Wildman–Crippen LogP) is 4.93. The first-order chi connectivity index (χ1) is 7.29. The molecular weight excluding hydrogens is 180 g/mol.